The van der Waals surface area contributed by atoms with Crippen LogP contribution in [0, 0.1) is 12.3 Å². The Morgan fingerprint density at radius 2 is 2.14 bits per heavy atom. The second-order valence-electron chi connectivity index (χ2n) is 4.45. The van der Waals surface area contributed by atoms with Gasteiger partial charge in [-0.15, -0.1) is 6.42 Å². The number of hydrogen-bond donors (Lipinski definition) is 2. The van der Waals surface area contributed by atoms with Crippen molar-refractivity contribution in [3.8, 4) is 18.1 Å². The van der Waals surface area contributed by atoms with Gasteiger partial charge in [-0.2, -0.15) is 0 Å². The average molecular weight is 290 g/mol. The first-order valence-corrected chi connectivity index (χ1v) is 6.57. The highest BCUT2D eigenvalue weighted by molar-refractivity contribution is 5.90. The van der Waals surface area contributed by atoms with E-state index in [1.165, 1.54) is 18.5 Å². The van der Waals surface area contributed by atoms with E-state index in [4.69, 9.17) is 16.3 Å². The number of ether oxygens (including phenoxy) is 1. The Morgan fingerprint density at radius 3 is 2.67 bits per heavy atom. The van der Waals surface area contributed by atoms with Crippen LogP contribution >= 0.6 is 0 Å². The predicted molar refractivity (Wildman–Crippen MR) is 77.0 cm³/mol. The van der Waals surface area contributed by atoms with Gasteiger partial charge in [-0.3, -0.25) is 9.78 Å². The standard InChI is InChI=1S/C15H18N2O4/c1-4-15(5-2,6-3)17-13(18)10-21-12-9-16-8-7-11(12)14(19)20/h1,7-9H,5-6,10H2,2-3H3,(H,17,18)(H,19,20). The number of carbonyl (C=O) groups excluding carboxylic acids is 1. The average Bonchev–Trinajstić information content (AvgIpc) is 2.51. The van der Waals surface area contributed by atoms with Gasteiger partial charge < -0.3 is 15.2 Å². The molecular weight excluding hydrogens is 272 g/mol. The molecule has 0 aromatic carbocycles. The molecule has 0 atom stereocenters. The van der Waals surface area contributed by atoms with E-state index in [0.717, 1.165) is 0 Å². The lowest BCUT2D eigenvalue weighted by atomic mass is 9.94. The molecule has 1 aromatic rings. The molecule has 21 heavy (non-hydrogen) atoms. The molecule has 0 aliphatic carbocycles. The second kappa shape index (κ2) is 7.29. The lowest BCUT2D eigenvalue weighted by molar-refractivity contribution is -0.124. The molecule has 112 valence electrons. The summed E-state index contributed by atoms with van der Waals surface area (Å²) < 4.78 is 5.22. The van der Waals surface area contributed by atoms with Gasteiger partial charge in [0.2, 0.25) is 0 Å². The van der Waals surface area contributed by atoms with Crippen molar-refractivity contribution in [1.29, 1.82) is 0 Å². The van der Waals surface area contributed by atoms with Gasteiger partial charge in [0.1, 0.15) is 11.1 Å². The third-order valence-electron chi connectivity index (χ3n) is 3.24. The normalized spacial score (nSPS) is 10.5. The van der Waals surface area contributed by atoms with Gasteiger partial charge >= 0.3 is 5.97 Å². The summed E-state index contributed by atoms with van der Waals surface area (Å²) >= 11 is 0. The van der Waals surface area contributed by atoms with Crippen LogP contribution in [0.3, 0.4) is 0 Å². The summed E-state index contributed by atoms with van der Waals surface area (Å²) in [5.74, 6) is 1.07. The molecule has 6 heteroatoms. The Morgan fingerprint density at radius 1 is 1.48 bits per heavy atom. The SMILES string of the molecule is C#CC(CC)(CC)NC(=O)COc1cnccc1C(=O)O. The lowest BCUT2D eigenvalue weighted by Gasteiger charge is -2.27. The first-order valence-electron chi connectivity index (χ1n) is 6.57. The molecular formula is C15H18N2O4. The van der Waals surface area contributed by atoms with Crippen molar-refractivity contribution in [3.63, 3.8) is 0 Å². The number of carboxylic acid groups (broad SMARTS) is 1. The zero-order chi connectivity index (χ0) is 15.9. The summed E-state index contributed by atoms with van der Waals surface area (Å²) in [4.78, 5) is 26.7. The summed E-state index contributed by atoms with van der Waals surface area (Å²) in [6.07, 6.45) is 9.24. The fourth-order valence-corrected chi connectivity index (χ4v) is 1.78. The molecule has 0 aliphatic heterocycles. The zero-order valence-corrected chi connectivity index (χ0v) is 12.0. The number of amides is 1. The Balaban J connectivity index is 2.70. The minimum absolute atomic E-state index is 0.0412. The van der Waals surface area contributed by atoms with Gasteiger partial charge in [0.15, 0.2) is 12.4 Å². The topological polar surface area (TPSA) is 88.5 Å². The molecule has 0 unspecified atom stereocenters. The predicted octanol–water partition coefficient (Wildman–Crippen LogP) is 1.47. The molecule has 0 spiro atoms. The maximum Gasteiger partial charge on any atom is 0.339 e. The monoisotopic (exact) mass is 290 g/mol. The molecule has 1 amide bonds. The van der Waals surface area contributed by atoms with Crippen molar-refractivity contribution in [2.45, 2.75) is 32.2 Å². The van der Waals surface area contributed by atoms with Crippen LogP contribution < -0.4 is 10.1 Å². The summed E-state index contributed by atoms with van der Waals surface area (Å²) in [7, 11) is 0. The molecule has 1 rings (SSSR count). The number of rotatable bonds is 7. The van der Waals surface area contributed by atoms with E-state index in [-0.39, 0.29) is 17.9 Å². The number of carboxylic acids is 1. The smallest absolute Gasteiger partial charge is 0.339 e. The van der Waals surface area contributed by atoms with Crippen LogP contribution in [0.5, 0.6) is 5.75 Å². The Bertz CT molecular complexity index is 559. The van der Waals surface area contributed by atoms with Gasteiger partial charge in [-0.1, -0.05) is 19.8 Å². The van der Waals surface area contributed by atoms with Crippen molar-refractivity contribution >= 4 is 11.9 Å². The van der Waals surface area contributed by atoms with Crippen molar-refractivity contribution < 1.29 is 19.4 Å². The van der Waals surface area contributed by atoms with Gasteiger partial charge in [-0.25, -0.2) is 4.79 Å². The molecule has 1 heterocycles. The van der Waals surface area contributed by atoms with E-state index in [9.17, 15) is 9.59 Å². The van der Waals surface area contributed by atoms with Crippen LogP contribution in [-0.2, 0) is 4.79 Å². The van der Waals surface area contributed by atoms with E-state index in [2.05, 4.69) is 16.2 Å². The van der Waals surface area contributed by atoms with E-state index >= 15 is 0 Å². The van der Waals surface area contributed by atoms with Crippen molar-refractivity contribution in [1.82, 2.24) is 10.3 Å². The van der Waals surface area contributed by atoms with Crippen LogP contribution in [-0.4, -0.2) is 34.1 Å². The van der Waals surface area contributed by atoms with Crippen LogP contribution in [0.2, 0.25) is 0 Å². The first-order chi connectivity index (χ1) is 9.98. The molecule has 0 radical (unpaired) electrons. The number of nitrogens with one attached hydrogen (secondary N) is 1. The lowest BCUT2D eigenvalue weighted by Crippen LogP contribution is -2.48. The second-order valence-corrected chi connectivity index (χ2v) is 4.45. The van der Waals surface area contributed by atoms with Crippen LogP contribution in [0.1, 0.15) is 37.0 Å². The number of aromatic carboxylic acids is 1. The molecule has 0 saturated heterocycles. The summed E-state index contributed by atoms with van der Waals surface area (Å²) in [6.45, 7) is 3.44. The Labute approximate surface area is 123 Å². The highest BCUT2D eigenvalue weighted by Gasteiger charge is 2.25. The maximum absolute atomic E-state index is 11.9. The third-order valence-corrected chi connectivity index (χ3v) is 3.24. The summed E-state index contributed by atoms with van der Waals surface area (Å²) in [6, 6.07) is 1.30. The number of hydrogen-bond acceptors (Lipinski definition) is 4. The van der Waals surface area contributed by atoms with E-state index < -0.39 is 17.4 Å². The highest BCUT2D eigenvalue weighted by atomic mass is 16.5. The Hall–Kier alpha value is -2.55. The van der Waals surface area contributed by atoms with Gasteiger partial charge in [-0.05, 0) is 18.9 Å². The van der Waals surface area contributed by atoms with Gasteiger partial charge in [0, 0.05) is 6.20 Å². The van der Waals surface area contributed by atoms with Crippen molar-refractivity contribution in [2.24, 2.45) is 0 Å². The number of carbonyl (C=O) groups is 2. The molecule has 0 fully saturated rings. The van der Waals surface area contributed by atoms with Gasteiger partial charge in [0.25, 0.3) is 5.91 Å². The van der Waals surface area contributed by atoms with Crippen LogP contribution in [0.4, 0.5) is 0 Å². The highest BCUT2D eigenvalue weighted by Crippen LogP contribution is 2.17. The largest absolute Gasteiger partial charge is 0.481 e. The number of terminal acetylenes is 1. The third kappa shape index (κ3) is 4.21. The number of pyridine rings is 1. The fourth-order valence-electron chi connectivity index (χ4n) is 1.78. The maximum atomic E-state index is 11.9. The number of aromatic nitrogens is 1. The minimum atomic E-state index is -1.15. The molecule has 0 saturated carbocycles. The van der Waals surface area contributed by atoms with Crippen molar-refractivity contribution in [2.75, 3.05) is 6.61 Å². The quantitative estimate of drug-likeness (QED) is 0.742. The minimum Gasteiger partial charge on any atom is -0.481 e. The van der Waals surface area contributed by atoms with Crippen LogP contribution in [0.25, 0.3) is 0 Å². The molecule has 0 aliphatic rings. The zero-order valence-electron chi connectivity index (χ0n) is 12.0. The molecule has 1 aromatic heterocycles. The molecule has 2 N–H and O–H groups in total. The fraction of sp³-hybridized carbons (Fsp3) is 0.400. The van der Waals surface area contributed by atoms with Crippen LogP contribution in [0.15, 0.2) is 18.5 Å². The first kappa shape index (κ1) is 16.5. The van der Waals surface area contributed by atoms with E-state index in [1.807, 2.05) is 13.8 Å². The molecule has 6 nitrogen and oxygen atoms in total. The van der Waals surface area contributed by atoms with Crippen molar-refractivity contribution in [3.05, 3.63) is 24.0 Å². The summed E-state index contributed by atoms with van der Waals surface area (Å²) in [5.41, 5.74) is -0.752. The summed E-state index contributed by atoms with van der Waals surface area (Å²) in [5, 5.41) is 11.7. The van der Waals surface area contributed by atoms with E-state index in [0.29, 0.717) is 12.8 Å². The number of nitrogens with zero attached hydrogens (tertiary/aromatic N) is 1. The molecule has 0 bridgehead atoms. The Kier molecular flexibility index (Phi) is 5.73. The van der Waals surface area contributed by atoms with E-state index in [1.54, 1.807) is 0 Å². The van der Waals surface area contributed by atoms with Gasteiger partial charge in [0.05, 0.1) is 6.20 Å².